The number of fused-ring (bicyclic) bond motifs is 1. The maximum absolute atomic E-state index is 12.7. The average molecular weight is 569 g/mol. The Bertz CT molecular complexity index is 1640. The van der Waals surface area contributed by atoms with E-state index >= 15 is 0 Å². The quantitative estimate of drug-likeness (QED) is 0.197. The molecule has 0 spiro atoms. The molecule has 0 aliphatic heterocycles. The zero-order chi connectivity index (χ0) is 28.2. The molecule has 3 heterocycles. The summed E-state index contributed by atoms with van der Waals surface area (Å²) in [6, 6.07) is 17.3. The fourth-order valence-electron chi connectivity index (χ4n) is 5.09. The van der Waals surface area contributed by atoms with Crippen LogP contribution in [0, 0.1) is 6.92 Å². The average Bonchev–Trinajstić information content (AvgIpc) is 3.57. The van der Waals surface area contributed by atoms with Crippen LogP contribution in [0.4, 0.5) is 10.9 Å². The zero-order valence-electron chi connectivity index (χ0n) is 23.1. The Morgan fingerprint density at radius 1 is 1.02 bits per heavy atom. The van der Waals surface area contributed by atoms with Crippen LogP contribution in [0.15, 0.2) is 66.2 Å². The fraction of sp³-hybridized carbons (Fsp3) is 0.290. The minimum absolute atomic E-state index is 0.212. The molecular formula is C31H32N6O3S. The van der Waals surface area contributed by atoms with Crippen LogP contribution in [0.25, 0.3) is 11.0 Å². The molecule has 0 bridgehead atoms. The number of hydrogen-bond donors (Lipinski definition) is 2. The van der Waals surface area contributed by atoms with Gasteiger partial charge >= 0.3 is 0 Å². The van der Waals surface area contributed by atoms with Crippen molar-refractivity contribution < 1.29 is 14.3 Å². The molecule has 2 N–H and O–H groups in total. The summed E-state index contributed by atoms with van der Waals surface area (Å²) in [5.74, 6) is 2.65. The highest BCUT2D eigenvalue weighted by molar-refractivity contribution is 7.13. The molecule has 2 aromatic carbocycles. The number of aromatic nitrogens is 4. The van der Waals surface area contributed by atoms with E-state index in [2.05, 4.69) is 15.6 Å². The van der Waals surface area contributed by atoms with Gasteiger partial charge in [0, 0.05) is 29.2 Å². The topological polar surface area (TPSA) is 103 Å². The number of benzene rings is 2. The molecule has 0 unspecified atom stereocenters. The number of ether oxygens (including phenoxy) is 2. The summed E-state index contributed by atoms with van der Waals surface area (Å²) in [6.45, 7) is 2.46. The molecular weight excluding hydrogens is 536 g/mol. The summed E-state index contributed by atoms with van der Waals surface area (Å²) in [7, 11) is 1.66. The minimum Gasteiger partial charge on any atom is -0.497 e. The number of anilines is 2. The van der Waals surface area contributed by atoms with Gasteiger partial charge in [-0.15, -0.1) is 11.3 Å². The fourth-order valence-corrected chi connectivity index (χ4v) is 5.78. The number of thiazole rings is 1. The highest BCUT2D eigenvalue weighted by Gasteiger charge is 2.21. The first-order valence-corrected chi connectivity index (χ1v) is 14.7. The van der Waals surface area contributed by atoms with Gasteiger partial charge in [-0.1, -0.05) is 31.4 Å². The summed E-state index contributed by atoms with van der Waals surface area (Å²) >= 11 is 1.40. The number of nitrogens with one attached hydrogen (secondary N) is 2. The second kappa shape index (κ2) is 12.0. The van der Waals surface area contributed by atoms with Gasteiger partial charge < -0.3 is 14.8 Å². The lowest BCUT2D eigenvalue weighted by Gasteiger charge is -2.22. The molecule has 1 amide bonds. The van der Waals surface area contributed by atoms with Crippen molar-refractivity contribution in [2.75, 3.05) is 17.7 Å². The Morgan fingerprint density at radius 3 is 2.49 bits per heavy atom. The first kappa shape index (κ1) is 26.8. The number of methoxy groups -OCH3 is 1. The van der Waals surface area contributed by atoms with Gasteiger partial charge in [-0.3, -0.25) is 10.1 Å². The number of amides is 1. The van der Waals surface area contributed by atoms with E-state index in [0.717, 1.165) is 46.7 Å². The lowest BCUT2D eigenvalue weighted by Crippen LogP contribution is -2.22. The maximum Gasteiger partial charge on any atom is 0.257 e. The van der Waals surface area contributed by atoms with E-state index in [4.69, 9.17) is 19.6 Å². The number of carbonyl (C=O) groups excluding carboxylic acids is 1. The van der Waals surface area contributed by atoms with Crippen molar-refractivity contribution in [2.45, 2.75) is 51.6 Å². The molecule has 1 aliphatic carbocycles. The lowest BCUT2D eigenvalue weighted by atomic mass is 9.95. The van der Waals surface area contributed by atoms with Gasteiger partial charge in [0.1, 0.15) is 22.6 Å². The molecule has 210 valence electrons. The van der Waals surface area contributed by atoms with Crippen molar-refractivity contribution in [3.05, 3.63) is 83.0 Å². The van der Waals surface area contributed by atoms with Gasteiger partial charge in [-0.05, 0) is 61.7 Å². The Hall–Kier alpha value is -4.44. The second-order valence-electron chi connectivity index (χ2n) is 10.2. The molecule has 41 heavy (non-hydrogen) atoms. The Morgan fingerprint density at radius 2 is 1.78 bits per heavy atom. The van der Waals surface area contributed by atoms with Crippen molar-refractivity contribution in [3.63, 3.8) is 0 Å². The van der Waals surface area contributed by atoms with E-state index in [1.807, 2.05) is 47.3 Å². The molecule has 1 aliphatic rings. The smallest absolute Gasteiger partial charge is 0.257 e. The number of hydrogen-bond acceptors (Lipinski definition) is 8. The Balaban J connectivity index is 1.28. The van der Waals surface area contributed by atoms with Crippen LogP contribution in [0.2, 0.25) is 0 Å². The van der Waals surface area contributed by atoms with Gasteiger partial charge in [0.05, 0.1) is 19.3 Å². The standard InChI is InChI=1S/C31H32N6O3S/c1-20-19-41-31(33-20)35-30(38)22-10-14-25(15-11-22)40-26-16-17-32-29-27(26)28(34-23-6-4-3-5-7-23)36-37(29)18-21-8-12-24(39-2)13-9-21/h8-17,19,23H,3-7,18H2,1-2H3,(H,34,36)(H,33,35,38). The summed E-state index contributed by atoms with van der Waals surface area (Å²) in [5, 5.41) is 14.8. The third kappa shape index (κ3) is 6.17. The van der Waals surface area contributed by atoms with E-state index in [1.54, 1.807) is 37.6 Å². The van der Waals surface area contributed by atoms with E-state index in [1.165, 1.54) is 30.6 Å². The molecule has 6 rings (SSSR count). The van der Waals surface area contributed by atoms with Crippen LogP contribution >= 0.6 is 11.3 Å². The van der Waals surface area contributed by atoms with Gasteiger partial charge in [-0.2, -0.15) is 5.10 Å². The Labute approximate surface area is 242 Å². The molecule has 0 saturated heterocycles. The third-order valence-electron chi connectivity index (χ3n) is 7.22. The molecule has 3 aromatic heterocycles. The lowest BCUT2D eigenvalue weighted by molar-refractivity contribution is 0.102. The minimum atomic E-state index is -0.212. The van der Waals surface area contributed by atoms with Crippen LogP contribution < -0.4 is 20.1 Å². The zero-order valence-corrected chi connectivity index (χ0v) is 23.9. The molecule has 0 atom stereocenters. The monoisotopic (exact) mass is 568 g/mol. The predicted octanol–water partition coefficient (Wildman–Crippen LogP) is 7.04. The second-order valence-corrected chi connectivity index (χ2v) is 11.1. The van der Waals surface area contributed by atoms with Crippen molar-refractivity contribution in [2.24, 2.45) is 0 Å². The number of rotatable bonds is 9. The molecule has 5 aromatic rings. The van der Waals surface area contributed by atoms with Gasteiger partial charge in [0.2, 0.25) is 0 Å². The first-order chi connectivity index (χ1) is 20.1. The predicted molar refractivity (Wildman–Crippen MR) is 161 cm³/mol. The first-order valence-electron chi connectivity index (χ1n) is 13.8. The normalized spacial score (nSPS) is 13.7. The van der Waals surface area contributed by atoms with Crippen LogP contribution in [0.1, 0.15) is 53.7 Å². The van der Waals surface area contributed by atoms with Crippen LogP contribution in [0.3, 0.4) is 0 Å². The van der Waals surface area contributed by atoms with Crippen molar-refractivity contribution in [1.29, 1.82) is 0 Å². The van der Waals surface area contributed by atoms with Gasteiger partial charge in [0.25, 0.3) is 5.91 Å². The van der Waals surface area contributed by atoms with Crippen molar-refractivity contribution >= 4 is 39.2 Å². The number of pyridine rings is 1. The third-order valence-corrected chi connectivity index (χ3v) is 8.09. The van der Waals surface area contributed by atoms with Gasteiger partial charge in [0.15, 0.2) is 16.6 Å². The SMILES string of the molecule is COc1ccc(Cn2nc(NC3CCCCC3)c3c(Oc4ccc(C(=O)Nc5nc(C)cs5)cc4)ccnc32)cc1. The number of nitrogens with zero attached hydrogens (tertiary/aromatic N) is 4. The highest BCUT2D eigenvalue weighted by Crippen LogP contribution is 2.36. The Kier molecular flexibility index (Phi) is 7.82. The summed E-state index contributed by atoms with van der Waals surface area (Å²) < 4.78 is 13.6. The van der Waals surface area contributed by atoms with E-state index in [-0.39, 0.29) is 5.91 Å². The van der Waals surface area contributed by atoms with Crippen LogP contribution in [0.5, 0.6) is 17.2 Å². The van der Waals surface area contributed by atoms with E-state index < -0.39 is 0 Å². The summed E-state index contributed by atoms with van der Waals surface area (Å²) in [6.07, 6.45) is 7.68. The molecule has 1 fully saturated rings. The van der Waals surface area contributed by atoms with Crippen molar-refractivity contribution in [3.8, 4) is 17.2 Å². The molecule has 10 heteroatoms. The summed E-state index contributed by atoms with van der Waals surface area (Å²) in [5.41, 5.74) is 3.24. The highest BCUT2D eigenvalue weighted by atomic mass is 32.1. The van der Waals surface area contributed by atoms with Crippen LogP contribution in [-0.4, -0.2) is 38.8 Å². The van der Waals surface area contributed by atoms with Crippen LogP contribution in [-0.2, 0) is 6.54 Å². The maximum atomic E-state index is 12.7. The number of aryl methyl sites for hydroxylation is 1. The molecule has 1 saturated carbocycles. The van der Waals surface area contributed by atoms with Gasteiger partial charge in [-0.25, -0.2) is 14.6 Å². The largest absolute Gasteiger partial charge is 0.497 e. The van der Waals surface area contributed by atoms with Crippen molar-refractivity contribution in [1.82, 2.24) is 19.7 Å². The molecule has 9 nitrogen and oxygen atoms in total. The van der Waals surface area contributed by atoms with E-state index in [9.17, 15) is 4.79 Å². The summed E-state index contributed by atoms with van der Waals surface area (Å²) in [4.78, 5) is 21.7. The number of carbonyl (C=O) groups is 1. The molecule has 0 radical (unpaired) electrons. The van der Waals surface area contributed by atoms with E-state index in [0.29, 0.717) is 34.8 Å².